The van der Waals surface area contributed by atoms with Crippen LogP contribution >= 0.6 is 15.9 Å². The van der Waals surface area contributed by atoms with Crippen LogP contribution in [0.1, 0.15) is 0 Å². The van der Waals surface area contributed by atoms with E-state index in [2.05, 4.69) is 49.6 Å². The Kier molecular flexibility index (Phi) is 5.83. The second-order valence-corrected chi connectivity index (χ2v) is 1.19. The van der Waals surface area contributed by atoms with Crippen LogP contribution in [-0.4, -0.2) is 0 Å². The van der Waals surface area contributed by atoms with Crippen molar-refractivity contribution in [3.8, 4) is 34.6 Å². The van der Waals surface area contributed by atoms with Crippen molar-refractivity contribution in [1.29, 1.82) is 0 Å². The van der Waals surface area contributed by atoms with E-state index in [4.69, 9.17) is 0 Å². The van der Waals surface area contributed by atoms with Crippen molar-refractivity contribution in [1.82, 2.24) is 0 Å². The monoisotopic (exact) mass is 181 g/mol. The molecule has 2 nitrogen and oxygen atoms in total. The summed E-state index contributed by atoms with van der Waals surface area (Å²) in [5, 5.41) is 2.26. The Morgan fingerprint density at radius 2 is 1.78 bits per heavy atom. The minimum atomic E-state index is 1.87. The van der Waals surface area contributed by atoms with Crippen LogP contribution in [0.2, 0.25) is 0 Å². The molecule has 0 N–H and O–H groups in total. The van der Waals surface area contributed by atoms with Crippen LogP contribution in [-0.2, 0) is 0 Å². The summed E-state index contributed by atoms with van der Waals surface area (Å²) in [6.45, 7) is 0. The third kappa shape index (κ3) is 6.76. The summed E-state index contributed by atoms with van der Waals surface area (Å²) in [6, 6.07) is 1.87. The molecule has 0 aromatic carbocycles. The first-order valence-electron chi connectivity index (χ1n) is 1.85. The Morgan fingerprint density at radius 3 is 2.33 bits per heavy atom. The van der Waals surface area contributed by atoms with Gasteiger partial charge in [-0.25, -0.2) is 0 Å². The molecule has 0 rings (SSSR count). The van der Waals surface area contributed by atoms with E-state index in [1.54, 1.807) is 0 Å². The Hall–Kier alpha value is -1.24. The average molecular weight is 182 g/mol. The molecule has 9 heavy (non-hydrogen) atoms. The summed E-state index contributed by atoms with van der Waals surface area (Å²) in [5.74, 6) is 9.14. The average Bonchev–Trinajstić information content (AvgIpc) is 1.89. The first-order valence-corrected chi connectivity index (χ1v) is 2.64. The summed E-state index contributed by atoms with van der Waals surface area (Å²) in [6.07, 6.45) is 0. The highest BCUT2D eigenvalue weighted by atomic mass is 79.9. The fourth-order valence-corrected chi connectivity index (χ4v) is 0.236. The molecule has 0 atom stereocenters. The molecule has 0 aliphatic rings. The lowest BCUT2D eigenvalue weighted by atomic mass is 10.6. The van der Waals surface area contributed by atoms with E-state index in [1.807, 2.05) is 6.04 Å². The van der Waals surface area contributed by atoms with Crippen LogP contribution < -0.4 is 0 Å². The summed E-state index contributed by atoms with van der Waals surface area (Å²) < 4.78 is 0. The third-order valence-corrected chi connectivity index (χ3v) is 0.535. The van der Waals surface area contributed by atoms with Crippen LogP contribution in [0.4, 0.5) is 0 Å². The van der Waals surface area contributed by atoms with E-state index in [1.165, 1.54) is 0 Å². The fraction of sp³-hybridized carbons (Fsp3) is 0. The highest BCUT2D eigenvalue weighted by Crippen LogP contribution is 1.65. The second kappa shape index (κ2) is 6.76. The highest BCUT2D eigenvalue weighted by Gasteiger charge is 1.54. The van der Waals surface area contributed by atoms with Gasteiger partial charge in [-0.1, -0.05) is 0 Å². The van der Waals surface area contributed by atoms with Crippen molar-refractivity contribution < 1.29 is 0 Å². The van der Waals surface area contributed by atoms with Crippen molar-refractivity contribution in [3.63, 3.8) is 0 Å². The van der Waals surface area contributed by atoms with Gasteiger partial charge in [-0.05, 0) is 16.7 Å². The van der Waals surface area contributed by atoms with Crippen molar-refractivity contribution in [2.75, 3.05) is 0 Å². The Balaban J connectivity index is 3.85. The number of nitroso groups, excluding NO2 is 1. The van der Waals surface area contributed by atoms with Gasteiger partial charge in [0.25, 0.3) is 0 Å². The number of hydrogen-bond donors (Lipinski definition) is 0. The first kappa shape index (κ1) is 7.76. The lowest BCUT2D eigenvalue weighted by molar-refractivity contribution is 1.65. The van der Waals surface area contributed by atoms with Gasteiger partial charge in [0.05, 0.1) is 6.04 Å². The van der Waals surface area contributed by atoms with E-state index in [0.717, 1.165) is 0 Å². The fourth-order valence-electron chi connectivity index (χ4n) is 0.137. The number of hydrogen-bond acceptors (Lipinski definition) is 2. The molecule has 0 aliphatic carbocycles. The molecule has 0 saturated carbocycles. The zero-order valence-corrected chi connectivity index (χ0v) is 5.82. The third-order valence-electron chi connectivity index (χ3n) is 0.336. The van der Waals surface area contributed by atoms with E-state index in [0.29, 0.717) is 0 Å². The van der Waals surface area contributed by atoms with Gasteiger partial charge in [0.1, 0.15) is 0 Å². The van der Waals surface area contributed by atoms with Gasteiger partial charge in [0.15, 0.2) is 0 Å². The summed E-state index contributed by atoms with van der Waals surface area (Å²) in [7, 11) is 0. The van der Waals surface area contributed by atoms with Gasteiger partial charge >= 0.3 is 0 Å². The molecule has 0 spiro atoms. The zero-order valence-electron chi connectivity index (χ0n) is 4.23. The minimum Gasteiger partial charge on any atom is -0.135 e. The van der Waals surface area contributed by atoms with Crippen molar-refractivity contribution in [2.24, 2.45) is 5.18 Å². The van der Waals surface area contributed by atoms with Crippen molar-refractivity contribution in [3.05, 3.63) is 4.91 Å². The molecule has 0 radical (unpaired) electrons. The molecule has 0 heterocycles. The predicted octanol–water partition coefficient (Wildman–Crippen LogP) is 1.07. The van der Waals surface area contributed by atoms with Crippen molar-refractivity contribution in [2.45, 2.75) is 0 Å². The van der Waals surface area contributed by atoms with Gasteiger partial charge < -0.3 is 0 Å². The van der Waals surface area contributed by atoms with Crippen LogP contribution in [0.25, 0.3) is 0 Å². The van der Waals surface area contributed by atoms with Gasteiger partial charge in [-0.3, -0.25) is 0 Å². The van der Waals surface area contributed by atoms with E-state index in [-0.39, 0.29) is 0 Å². The molecule has 0 fully saturated rings. The lowest BCUT2D eigenvalue weighted by Crippen LogP contribution is -1.49. The Labute approximate surface area is 61.1 Å². The van der Waals surface area contributed by atoms with Gasteiger partial charge in [-0.15, -0.1) is 4.91 Å². The smallest absolute Gasteiger partial charge is 0.0948 e. The van der Waals surface area contributed by atoms with Gasteiger partial charge in [0.2, 0.25) is 0 Å². The maximum Gasteiger partial charge on any atom is 0.0948 e. The quantitative estimate of drug-likeness (QED) is 0.407. The molecule has 0 aliphatic heterocycles. The van der Waals surface area contributed by atoms with Crippen molar-refractivity contribution >= 4 is 15.9 Å². The second-order valence-electron chi connectivity index (χ2n) is 0.798. The SMILES string of the molecule is O=NC#CC#CC#CBr. The van der Waals surface area contributed by atoms with Crippen LogP contribution in [0, 0.1) is 39.5 Å². The van der Waals surface area contributed by atoms with E-state index < -0.39 is 0 Å². The molecular weight excluding hydrogens is 182 g/mol. The molecular formula is C6BrNO. The maximum atomic E-state index is 9.30. The Bertz CT molecular complexity index is 263. The molecule has 42 valence electrons. The normalized spacial score (nSPS) is 4.11. The van der Waals surface area contributed by atoms with Crippen LogP contribution in [0.3, 0.4) is 0 Å². The molecule has 0 aromatic rings. The summed E-state index contributed by atoms with van der Waals surface area (Å²) in [5.41, 5.74) is 0. The minimum absolute atomic E-state index is 1.87. The number of rotatable bonds is 0. The molecule has 0 unspecified atom stereocenters. The number of halogens is 1. The molecule has 0 bridgehead atoms. The zero-order chi connectivity index (χ0) is 6.95. The first-order chi connectivity index (χ1) is 4.41. The molecule has 0 amide bonds. The standard InChI is InChI=1S/C6BrNO/c7-5-3-1-2-4-6-8-9. The predicted molar refractivity (Wildman–Crippen MR) is 38.0 cm³/mol. The largest absolute Gasteiger partial charge is 0.135 e. The van der Waals surface area contributed by atoms with Crippen LogP contribution in [0.15, 0.2) is 5.18 Å². The summed E-state index contributed by atoms with van der Waals surface area (Å²) >= 11 is 2.82. The molecule has 3 heteroatoms. The Morgan fingerprint density at radius 1 is 1.11 bits per heavy atom. The number of nitrogens with zero attached hydrogens (tertiary/aromatic N) is 1. The topological polar surface area (TPSA) is 29.4 Å². The van der Waals surface area contributed by atoms with Gasteiger partial charge in [-0.2, -0.15) is 0 Å². The lowest BCUT2D eigenvalue weighted by Gasteiger charge is -1.50. The van der Waals surface area contributed by atoms with Crippen LogP contribution in [0.5, 0.6) is 0 Å². The summed E-state index contributed by atoms with van der Waals surface area (Å²) in [4.78, 5) is 11.7. The van der Waals surface area contributed by atoms with E-state index in [9.17, 15) is 4.91 Å². The maximum absolute atomic E-state index is 9.30. The van der Waals surface area contributed by atoms with E-state index >= 15 is 0 Å². The van der Waals surface area contributed by atoms with Gasteiger partial charge in [0, 0.05) is 32.9 Å². The molecule has 0 saturated heterocycles. The molecule has 0 aromatic heterocycles. The highest BCUT2D eigenvalue weighted by molar-refractivity contribution is 9.12.